The predicted octanol–water partition coefficient (Wildman–Crippen LogP) is 0.158. The molecule has 0 aliphatic carbocycles. The fraction of sp³-hybridized carbons (Fsp3) is 0.636. The fourth-order valence-electron chi connectivity index (χ4n) is 1.83. The van der Waals surface area contributed by atoms with Crippen LogP contribution in [0.3, 0.4) is 0 Å². The summed E-state index contributed by atoms with van der Waals surface area (Å²) >= 11 is 0. The van der Waals surface area contributed by atoms with Crippen molar-refractivity contribution in [2.45, 2.75) is 13.0 Å². The smallest absolute Gasteiger partial charge is 0.329 e. The van der Waals surface area contributed by atoms with Crippen molar-refractivity contribution in [3.63, 3.8) is 0 Å². The maximum Gasteiger partial charge on any atom is 0.329 e. The van der Waals surface area contributed by atoms with E-state index < -0.39 is 4.92 Å². The van der Waals surface area contributed by atoms with E-state index in [4.69, 9.17) is 15.3 Å². The number of nitrogens with zero attached hydrogens (tertiary/aromatic N) is 4. The number of hydrogen-bond acceptors (Lipinski definition) is 9. The number of nitrogen functional groups attached to an aromatic ring is 1. The standard InChI is InChI=1S/C11H20N6O4/c1-8(7-21-3)16(4-5-20-2)10-9(17(18)19)6-13-11(14-10)15-12/h6,8H,4-5,7,12H2,1-3H3,(H,13,14,15). The first kappa shape index (κ1) is 17.0. The van der Waals surface area contributed by atoms with Gasteiger partial charge in [0.15, 0.2) is 0 Å². The average molecular weight is 300 g/mol. The molecule has 0 aromatic carbocycles. The molecule has 1 unspecified atom stereocenters. The highest BCUT2D eigenvalue weighted by Crippen LogP contribution is 2.27. The molecule has 0 radical (unpaired) electrons. The molecule has 21 heavy (non-hydrogen) atoms. The van der Waals surface area contributed by atoms with Crippen LogP contribution in [0.25, 0.3) is 0 Å². The lowest BCUT2D eigenvalue weighted by atomic mass is 10.2. The van der Waals surface area contributed by atoms with Gasteiger partial charge in [0.2, 0.25) is 11.8 Å². The van der Waals surface area contributed by atoms with Crippen LogP contribution in [0.5, 0.6) is 0 Å². The minimum atomic E-state index is -0.533. The fourth-order valence-corrected chi connectivity index (χ4v) is 1.83. The largest absolute Gasteiger partial charge is 0.383 e. The van der Waals surface area contributed by atoms with E-state index in [1.54, 1.807) is 19.1 Å². The topological polar surface area (TPSA) is 129 Å². The van der Waals surface area contributed by atoms with E-state index in [0.29, 0.717) is 19.8 Å². The number of nitrogens with one attached hydrogen (secondary N) is 1. The van der Waals surface area contributed by atoms with Gasteiger partial charge in [-0.1, -0.05) is 0 Å². The molecule has 0 amide bonds. The van der Waals surface area contributed by atoms with E-state index in [2.05, 4.69) is 15.4 Å². The van der Waals surface area contributed by atoms with E-state index in [9.17, 15) is 10.1 Å². The maximum absolute atomic E-state index is 11.2. The lowest BCUT2D eigenvalue weighted by molar-refractivity contribution is -0.384. The number of hydrazine groups is 1. The van der Waals surface area contributed by atoms with Gasteiger partial charge in [0.25, 0.3) is 0 Å². The third-order valence-corrected chi connectivity index (χ3v) is 2.82. The van der Waals surface area contributed by atoms with E-state index in [1.165, 1.54) is 0 Å². The monoisotopic (exact) mass is 300 g/mol. The number of anilines is 2. The SMILES string of the molecule is COCCN(c1nc(NN)ncc1[N+](=O)[O-])C(C)COC. The molecular weight excluding hydrogens is 280 g/mol. The number of rotatable bonds is 9. The molecule has 1 rings (SSSR count). The quantitative estimate of drug-likeness (QED) is 0.372. The Balaban J connectivity index is 3.22. The second-order valence-electron chi connectivity index (χ2n) is 4.29. The van der Waals surface area contributed by atoms with Crippen molar-refractivity contribution in [1.29, 1.82) is 0 Å². The maximum atomic E-state index is 11.2. The van der Waals surface area contributed by atoms with Gasteiger partial charge in [0, 0.05) is 20.8 Å². The summed E-state index contributed by atoms with van der Waals surface area (Å²) < 4.78 is 10.1. The van der Waals surface area contributed by atoms with Crippen LogP contribution in [0.4, 0.5) is 17.5 Å². The van der Waals surface area contributed by atoms with E-state index in [1.807, 2.05) is 6.92 Å². The Morgan fingerprint density at radius 3 is 2.76 bits per heavy atom. The van der Waals surface area contributed by atoms with Gasteiger partial charge in [0.05, 0.1) is 24.2 Å². The highest BCUT2D eigenvalue weighted by molar-refractivity contribution is 5.59. The molecule has 118 valence electrons. The molecule has 10 nitrogen and oxygen atoms in total. The summed E-state index contributed by atoms with van der Waals surface area (Å²) in [5, 5.41) is 11.2. The molecule has 0 fully saturated rings. The molecule has 3 N–H and O–H groups in total. The van der Waals surface area contributed by atoms with Crippen LogP contribution in [-0.2, 0) is 9.47 Å². The van der Waals surface area contributed by atoms with E-state index in [-0.39, 0.29) is 23.5 Å². The van der Waals surface area contributed by atoms with Gasteiger partial charge in [-0.15, -0.1) is 0 Å². The summed E-state index contributed by atoms with van der Waals surface area (Å²) in [6.07, 6.45) is 1.12. The zero-order valence-electron chi connectivity index (χ0n) is 12.3. The van der Waals surface area contributed by atoms with Crippen LogP contribution in [0.2, 0.25) is 0 Å². The molecule has 1 heterocycles. The molecule has 0 saturated carbocycles. The summed E-state index contributed by atoms with van der Waals surface area (Å²) in [4.78, 5) is 20.2. The molecule has 1 aromatic rings. The Bertz CT molecular complexity index is 472. The van der Waals surface area contributed by atoms with Crippen molar-refractivity contribution in [1.82, 2.24) is 9.97 Å². The van der Waals surface area contributed by atoms with Crippen LogP contribution in [0.15, 0.2) is 6.20 Å². The van der Waals surface area contributed by atoms with Crippen molar-refractivity contribution in [2.75, 3.05) is 44.3 Å². The van der Waals surface area contributed by atoms with E-state index >= 15 is 0 Å². The number of methoxy groups -OCH3 is 2. The Morgan fingerprint density at radius 2 is 2.24 bits per heavy atom. The molecular formula is C11H20N6O4. The molecule has 0 saturated heterocycles. The Hall–Kier alpha value is -2.04. The van der Waals surface area contributed by atoms with Gasteiger partial charge in [-0.05, 0) is 6.92 Å². The lowest BCUT2D eigenvalue weighted by Gasteiger charge is -2.29. The molecule has 0 spiro atoms. The third kappa shape index (κ3) is 4.48. The van der Waals surface area contributed by atoms with Gasteiger partial charge < -0.3 is 14.4 Å². The van der Waals surface area contributed by atoms with Crippen molar-refractivity contribution >= 4 is 17.5 Å². The van der Waals surface area contributed by atoms with Crippen molar-refractivity contribution in [2.24, 2.45) is 5.84 Å². The number of hydrogen-bond donors (Lipinski definition) is 2. The van der Waals surface area contributed by atoms with Crippen molar-refractivity contribution in [3.8, 4) is 0 Å². The highest BCUT2D eigenvalue weighted by atomic mass is 16.6. The van der Waals surface area contributed by atoms with Crippen LogP contribution < -0.4 is 16.2 Å². The summed E-state index contributed by atoms with van der Waals surface area (Å²) in [5.74, 6) is 5.54. The van der Waals surface area contributed by atoms with Crippen molar-refractivity contribution < 1.29 is 14.4 Å². The molecule has 0 aliphatic heterocycles. The number of aromatic nitrogens is 2. The second kappa shape index (κ2) is 8.29. The Morgan fingerprint density at radius 1 is 1.52 bits per heavy atom. The second-order valence-corrected chi connectivity index (χ2v) is 4.29. The number of ether oxygens (including phenoxy) is 2. The zero-order valence-corrected chi connectivity index (χ0v) is 12.3. The van der Waals surface area contributed by atoms with Crippen LogP contribution >= 0.6 is 0 Å². The molecule has 0 aliphatic rings. The number of nitrogens with two attached hydrogens (primary N) is 1. The summed E-state index contributed by atoms with van der Waals surface area (Å²) in [6, 6.07) is -0.135. The molecule has 0 bridgehead atoms. The van der Waals surface area contributed by atoms with Gasteiger partial charge in [0.1, 0.15) is 6.20 Å². The summed E-state index contributed by atoms with van der Waals surface area (Å²) in [5.41, 5.74) is 2.08. The normalized spacial score (nSPS) is 12.0. The first-order valence-electron chi connectivity index (χ1n) is 6.27. The third-order valence-electron chi connectivity index (χ3n) is 2.82. The van der Waals surface area contributed by atoms with Gasteiger partial charge in [-0.2, -0.15) is 4.98 Å². The van der Waals surface area contributed by atoms with Gasteiger partial charge in [-0.3, -0.25) is 15.5 Å². The van der Waals surface area contributed by atoms with Crippen molar-refractivity contribution in [3.05, 3.63) is 16.3 Å². The first-order valence-corrected chi connectivity index (χ1v) is 6.27. The van der Waals surface area contributed by atoms with Gasteiger partial charge in [-0.25, -0.2) is 10.8 Å². The Kier molecular flexibility index (Phi) is 6.72. The number of nitro groups is 1. The average Bonchev–Trinajstić information content (AvgIpc) is 2.47. The van der Waals surface area contributed by atoms with Crippen LogP contribution in [0, 0.1) is 10.1 Å². The summed E-state index contributed by atoms with van der Waals surface area (Å²) in [6.45, 7) is 3.07. The summed E-state index contributed by atoms with van der Waals surface area (Å²) in [7, 11) is 3.12. The minimum Gasteiger partial charge on any atom is -0.383 e. The van der Waals surface area contributed by atoms with E-state index in [0.717, 1.165) is 6.20 Å². The van der Waals surface area contributed by atoms with Gasteiger partial charge >= 0.3 is 5.69 Å². The minimum absolute atomic E-state index is 0.0997. The first-order chi connectivity index (χ1) is 10.0. The molecule has 1 atom stereocenters. The Labute approximate surface area is 122 Å². The zero-order chi connectivity index (χ0) is 15.8. The van der Waals surface area contributed by atoms with Crippen LogP contribution in [-0.4, -0.2) is 54.9 Å². The van der Waals surface area contributed by atoms with Crippen LogP contribution in [0.1, 0.15) is 6.92 Å². The lowest BCUT2D eigenvalue weighted by Crippen LogP contribution is -2.39. The molecule has 1 aromatic heterocycles. The molecule has 10 heteroatoms. The highest BCUT2D eigenvalue weighted by Gasteiger charge is 2.26. The predicted molar refractivity (Wildman–Crippen MR) is 77.1 cm³/mol.